The first-order valence-corrected chi connectivity index (χ1v) is 5.46. The minimum Gasteiger partial charge on any atom is -0.388 e. The molecule has 0 spiro atoms. The lowest BCUT2D eigenvalue weighted by molar-refractivity contribution is 0.175. The SMILES string of the molecule is CC[C@@H](O)c1c[nH]c2ccc(Br)cc12. The van der Waals surface area contributed by atoms with Gasteiger partial charge in [0.25, 0.3) is 0 Å². The second-order valence-corrected chi connectivity index (χ2v) is 4.27. The summed E-state index contributed by atoms with van der Waals surface area (Å²) in [5.41, 5.74) is 2.04. The number of hydrogen-bond donors (Lipinski definition) is 2. The van der Waals surface area contributed by atoms with E-state index in [0.717, 1.165) is 27.4 Å². The predicted octanol–water partition coefficient (Wildman–Crippen LogP) is 3.37. The Morgan fingerprint density at radius 1 is 1.50 bits per heavy atom. The van der Waals surface area contributed by atoms with E-state index in [0.29, 0.717) is 0 Å². The highest BCUT2D eigenvalue weighted by Gasteiger charge is 2.10. The van der Waals surface area contributed by atoms with Gasteiger partial charge in [-0.3, -0.25) is 0 Å². The van der Waals surface area contributed by atoms with E-state index in [4.69, 9.17) is 0 Å². The van der Waals surface area contributed by atoms with Crippen LogP contribution in [0.2, 0.25) is 0 Å². The van der Waals surface area contributed by atoms with Gasteiger partial charge in [0.15, 0.2) is 0 Å². The lowest BCUT2D eigenvalue weighted by Gasteiger charge is -2.05. The number of hydrogen-bond acceptors (Lipinski definition) is 1. The van der Waals surface area contributed by atoms with E-state index >= 15 is 0 Å². The minimum absolute atomic E-state index is 0.377. The van der Waals surface area contributed by atoms with Gasteiger partial charge in [-0.25, -0.2) is 0 Å². The number of nitrogens with one attached hydrogen (secondary N) is 1. The van der Waals surface area contributed by atoms with Crippen molar-refractivity contribution in [3.63, 3.8) is 0 Å². The summed E-state index contributed by atoms with van der Waals surface area (Å²) >= 11 is 3.43. The van der Waals surface area contributed by atoms with Crippen LogP contribution in [-0.2, 0) is 0 Å². The van der Waals surface area contributed by atoms with Crippen LogP contribution in [0, 0.1) is 0 Å². The Kier molecular flexibility index (Phi) is 2.61. The lowest BCUT2D eigenvalue weighted by Crippen LogP contribution is -1.92. The molecule has 0 fully saturated rings. The molecule has 2 N–H and O–H groups in total. The van der Waals surface area contributed by atoms with E-state index in [2.05, 4.69) is 20.9 Å². The van der Waals surface area contributed by atoms with E-state index in [9.17, 15) is 5.11 Å². The smallest absolute Gasteiger partial charge is 0.0808 e. The summed E-state index contributed by atoms with van der Waals surface area (Å²) in [6.45, 7) is 1.97. The van der Waals surface area contributed by atoms with Crippen LogP contribution in [0.5, 0.6) is 0 Å². The van der Waals surface area contributed by atoms with Crippen LogP contribution >= 0.6 is 15.9 Å². The van der Waals surface area contributed by atoms with Gasteiger partial charge in [0.1, 0.15) is 0 Å². The summed E-state index contributed by atoms with van der Waals surface area (Å²) in [4.78, 5) is 3.15. The largest absolute Gasteiger partial charge is 0.388 e. The van der Waals surface area contributed by atoms with Crippen molar-refractivity contribution in [1.82, 2.24) is 4.98 Å². The first-order chi connectivity index (χ1) is 6.72. The number of rotatable bonds is 2. The molecule has 2 aromatic rings. The average Bonchev–Trinajstić information content (AvgIpc) is 2.59. The van der Waals surface area contributed by atoms with Crippen LogP contribution < -0.4 is 0 Å². The highest BCUT2D eigenvalue weighted by Crippen LogP contribution is 2.28. The zero-order valence-electron chi connectivity index (χ0n) is 7.92. The van der Waals surface area contributed by atoms with Crippen LogP contribution in [0.1, 0.15) is 25.0 Å². The van der Waals surface area contributed by atoms with E-state index in [1.54, 1.807) is 0 Å². The van der Waals surface area contributed by atoms with Crippen molar-refractivity contribution in [3.05, 3.63) is 34.4 Å². The molecule has 1 aromatic heterocycles. The second kappa shape index (κ2) is 3.75. The van der Waals surface area contributed by atoms with Gasteiger partial charge in [-0.15, -0.1) is 0 Å². The standard InChI is InChI=1S/C11H12BrNO/c1-2-11(14)9-6-13-10-4-3-7(12)5-8(9)10/h3-6,11,13-14H,2H2,1H3/t11-/m1/s1. The molecule has 0 saturated carbocycles. The molecular formula is C11H12BrNO. The summed E-state index contributed by atoms with van der Waals surface area (Å²) in [5.74, 6) is 0. The van der Waals surface area contributed by atoms with Crippen LogP contribution in [0.25, 0.3) is 10.9 Å². The maximum atomic E-state index is 9.77. The van der Waals surface area contributed by atoms with Crippen LogP contribution in [0.3, 0.4) is 0 Å². The highest BCUT2D eigenvalue weighted by molar-refractivity contribution is 9.10. The molecule has 0 radical (unpaired) electrons. The normalized spacial score (nSPS) is 13.4. The molecule has 0 aliphatic rings. The van der Waals surface area contributed by atoms with Crippen molar-refractivity contribution in [2.24, 2.45) is 0 Å². The monoisotopic (exact) mass is 253 g/mol. The highest BCUT2D eigenvalue weighted by atomic mass is 79.9. The van der Waals surface area contributed by atoms with Crippen molar-refractivity contribution in [2.45, 2.75) is 19.4 Å². The van der Waals surface area contributed by atoms with Gasteiger partial charge in [0.2, 0.25) is 0 Å². The van der Waals surface area contributed by atoms with Crippen LogP contribution in [0.15, 0.2) is 28.9 Å². The molecule has 0 saturated heterocycles. The third kappa shape index (κ3) is 1.57. The summed E-state index contributed by atoms with van der Waals surface area (Å²) in [7, 11) is 0. The Labute approximate surface area is 91.1 Å². The Morgan fingerprint density at radius 3 is 3.00 bits per heavy atom. The zero-order valence-corrected chi connectivity index (χ0v) is 9.51. The van der Waals surface area contributed by atoms with Crippen molar-refractivity contribution in [3.8, 4) is 0 Å². The van der Waals surface area contributed by atoms with E-state index in [1.165, 1.54) is 0 Å². The minimum atomic E-state index is -0.377. The van der Waals surface area contributed by atoms with E-state index in [1.807, 2.05) is 31.3 Å². The topological polar surface area (TPSA) is 36.0 Å². The zero-order chi connectivity index (χ0) is 10.1. The van der Waals surface area contributed by atoms with Gasteiger partial charge >= 0.3 is 0 Å². The molecular weight excluding hydrogens is 242 g/mol. The number of benzene rings is 1. The predicted molar refractivity (Wildman–Crippen MR) is 61.2 cm³/mol. The number of aromatic amines is 1. The molecule has 1 atom stereocenters. The Morgan fingerprint density at radius 2 is 2.29 bits per heavy atom. The lowest BCUT2D eigenvalue weighted by atomic mass is 10.1. The molecule has 3 heteroatoms. The van der Waals surface area contributed by atoms with Crippen molar-refractivity contribution < 1.29 is 5.11 Å². The van der Waals surface area contributed by atoms with Gasteiger partial charge < -0.3 is 10.1 Å². The molecule has 74 valence electrons. The molecule has 0 bridgehead atoms. The molecule has 1 aromatic carbocycles. The van der Waals surface area contributed by atoms with Crippen LogP contribution in [-0.4, -0.2) is 10.1 Å². The fourth-order valence-electron chi connectivity index (χ4n) is 1.61. The second-order valence-electron chi connectivity index (χ2n) is 3.36. The van der Waals surface area contributed by atoms with E-state index < -0.39 is 0 Å². The van der Waals surface area contributed by atoms with Crippen molar-refractivity contribution in [1.29, 1.82) is 0 Å². The van der Waals surface area contributed by atoms with Crippen LogP contribution in [0.4, 0.5) is 0 Å². The molecule has 0 aliphatic heterocycles. The van der Waals surface area contributed by atoms with Gasteiger partial charge in [0, 0.05) is 27.1 Å². The average molecular weight is 254 g/mol. The molecule has 14 heavy (non-hydrogen) atoms. The fraction of sp³-hybridized carbons (Fsp3) is 0.273. The number of aliphatic hydroxyl groups is 1. The Hall–Kier alpha value is -0.800. The molecule has 0 amide bonds. The van der Waals surface area contributed by atoms with Gasteiger partial charge in [-0.05, 0) is 24.6 Å². The van der Waals surface area contributed by atoms with Crippen molar-refractivity contribution in [2.75, 3.05) is 0 Å². The first kappa shape index (κ1) is 9.74. The number of H-pyrrole nitrogens is 1. The number of aliphatic hydroxyl groups excluding tert-OH is 1. The number of halogens is 1. The third-order valence-electron chi connectivity index (χ3n) is 2.42. The molecule has 2 rings (SSSR count). The number of aromatic nitrogens is 1. The number of fused-ring (bicyclic) bond motifs is 1. The molecule has 0 unspecified atom stereocenters. The van der Waals surface area contributed by atoms with E-state index in [-0.39, 0.29) is 6.10 Å². The van der Waals surface area contributed by atoms with Gasteiger partial charge in [-0.1, -0.05) is 22.9 Å². The molecule has 0 aliphatic carbocycles. The summed E-state index contributed by atoms with van der Waals surface area (Å²) in [5, 5.41) is 10.9. The van der Waals surface area contributed by atoms with Crippen molar-refractivity contribution >= 4 is 26.8 Å². The molecule has 1 heterocycles. The first-order valence-electron chi connectivity index (χ1n) is 4.67. The van der Waals surface area contributed by atoms with Gasteiger partial charge in [-0.2, -0.15) is 0 Å². The summed E-state index contributed by atoms with van der Waals surface area (Å²) < 4.78 is 1.04. The molecule has 2 nitrogen and oxygen atoms in total. The van der Waals surface area contributed by atoms with Gasteiger partial charge in [0.05, 0.1) is 6.10 Å². The summed E-state index contributed by atoms with van der Waals surface area (Å²) in [6, 6.07) is 6.02. The fourth-order valence-corrected chi connectivity index (χ4v) is 1.97. The Balaban J connectivity index is 2.61. The summed E-state index contributed by atoms with van der Waals surface area (Å²) in [6.07, 6.45) is 2.24. The Bertz CT molecular complexity index is 449. The maximum Gasteiger partial charge on any atom is 0.0808 e. The quantitative estimate of drug-likeness (QED) is 0.846. The third-order valence-corrected chi connectivity index (χ3v) is 2.91. The maximum absolute atomic E-state index is 9.77.